The number of nitrogens with two attached hydrogens (primary N) is 1. The molecular formula is C24H24BrN5O. The van der Waals surface area contributed by atoms with Crippen molar-refractivity contribution >= 4 is 27.2 Å². The Morgan fingerprint density at radius 1 is 1.13 bits per heavy atom. The van der Waals surface area contributed by atoms with Gasteiger partial charge in [-0.25, -0.2) is 4.68 Å². The number of aromatic nitrogens is 2. The summed E-state index contributed by atoms with van der Waals surface area (Å²) in [7, 11) is 0. The molecule has 0 bridgehead atoms. The Morgan fingerprint density at radius 3 is 2.35 bits per heavy atom. The van der Waals surface area contributed by atoms with Crippen LogP contribution in [0.5, 0.6) is 5.88 Å². The first-order valence-corrected chi connectivity index (χ1v) is 11.1. The van der Waals surface area contributed by atoms with Crippen LogP contribution in [0.15, 0.2) is 58.6 Å². The quantitative estimate of drug-likeness (QED) is 0.571. The molecule has 2 aromatic carbocycles. The van der Waals surface area contributed by atoms with Crippen molar-refractivity contribution in [2.24, 2.45) is 5.73 Å². The predicted molar refractivity (Wildman–Crippen MR) is 126 cm³/mol. The van der Waals surface area contributed by atoms with E-state index in [2.05, 4.69) is 52.9 Å². The van der Waals surface area contributed by atoms with Crippen molar-refractivity contribution in [3.63, 3.8) is 0 Å². The van der Waals surface area contributed by atoms with Gasteiger partial charge in [-0.3, -0.25) is 5.73 Å². The summed E-state index contributed by atoms with van der Waals surface area (Å²) in [6.07, 6.45) is -0.861. The molecule has 7 heteroatoms. The molecule has 1 aliphatic rings. The van der Waals surface area contributed by atoms with E-state index in [9.17, 15) is 5.26 Å². The van der Waals surface area contributed by atoms with Gasteiger partial charge in [0.2, 0.25) is 5.88 Å². The normalized spacial score (nSPS) is 15.3. The van der Waals surface area contributed by atoms with E-state index in [1.165, 1.54) is 0 Å². The maximum absolute atomic E-state index is 9.87. The Labute approximate surface area is 190 Å². The highest BCUT2D eigenvalue weighted by atomic mass is 79.9. The van der Waals surface area contributed by atoms with Gasteiger partial charge in [0.25, 0.3) is 0 Å². The first-order chi connectivity index (χ1) is 15.0. The first kappa shape index (κ1) is 21.2. The third kappa shape index (κ3) is 3.73. The van der Waals surface area contributed by atoms with E-state index in [0.717, 1.165) is 51.3 Å². The van der Waals surface area contributed by atoms with Gasteiger partial charge in [0, 0.05) is 28.8 Å². The van der Waals surface area contributed by atoms with Gasteiger partial charge < -0.3 is 9.64 Å². The lowest BCUT2D eigenvalue weighted by atomic mass is 9.91. The standard InChI is InChI=1S/C24H24BrN5O/c1-4-29(5-2)18-10-6-16(7-11-18)22-20(14-26)23(27)31-24-21(22)15(3)28-30(24)19-12-8-17(25)9-13-19/h6-13,23H,4-5,27H2,1-3H3. The van der Waals surface area contributed by atoms with Crippen molar-refractivity contribution in [1.82, 2.24) is 9.78 Å². The summed E-state index contributed by atoms with van der Waals surface area (Å²) in [5.41, 5.74) is 12.0. The lowest BCUT2D eigenvalue weighted by Crippen LogP contribution is -2.33. The molecule has 1 atom stereocenters. The lowest BCUT2D eigenvalue weighted by Gasteiger charge is -2.25. The summed E-state index contributed by atoms with van der Waals surface area (Å²) in [6.45, 7) is 8.07. The number of fused-ring (bicyclic) bond motifs is 1. The Morgan fingerprint density at radius 2 is 1.77 bits per heavy atom. The van der Waals surface area contributed by atoms with Gasteiger partial charge in [0.15, 0.2) is 6.23 Å². The van der Waals surface area contributed by atoms with Crippen LogP contribution < -0.4 is 15.4 Å². The number of ether oxygens (including phenoxy) is 1. The van der Waals surface area contributed by atoms with E-state index in [0.29, 0.717) is 11.5 Å². The zero-order valence-electron chi connectivity index (χ0n) is 17.8. The van der Waals surface area contributed by atoms with Crippen LogP contribution in [0.1, 0.15) is 30.7 Å². The van der Waals surface area contributed by atoms with Gasteiger partial charge >= 0.3 is 0 Å². The van der Waals surface area contributed by atoms with Crippen LogP contribution in [0.25, 0.3) is 11.3 Å². The average molecular weight is 478 g/mol. The van der Waals surface area contributed by atoms with Crippen LogP contribution in [0.4, 0.5) is 5.69 Å². The smallest absolute Gasteiger partial charge is 0.226 e. The molecule has 2 N–H and O–H groups in total. The average Bonchev–Trinajstić information content (AvgIpc) is 3.10. The van der Waals surface area contributed by atoms with Crippen molar-refractivity contribution in [1.29, 1.82) is 5.26 Å². The summed E-state index contributed by atoms with van der Waals surface area (Å²) in [5, 5.41) is 14.6. The molecule has 3 aromatic rings. The molecule has 0 radical (unpaired) electrons. The van der Waals surface area contributed by atoms with Crippen molar-refractivity contribution in [3.8, 4) is 17.6 Å². The van der Waals surface area contributed by atoms with E-state index in [-0.39, 0.29) is 0 Å². The van der Waals surface area contributed by atoms with E-state index >= 15 is 0 Å². The highest BCUT2D eigenvalue weighted by Crippen LogP contribution is 2.42. The molecule has 31 heavy (non-hydrogen) atoms. The highest BCUT2D eigenvalue weighted by molar-refractivity contribution is 9.10. The third-order valence-electron chi connectivity index (χ3n) is 5.54. The van der Waals surface area contributed by atoms with Crippen LogP contribution in [0.3, 0.4) is 0 Å². The molecule has 0 aliphatic carbocycles. The fraction of sp³-hybridized carbons (Fsp3) is 0.250. The number of benzene rings is 2. The van der Waals surface area contributed by atoms with E-state index in [1.54, 1.807) is 4.68 Å². The summed E-state index contributed by atoms with van der Waals surface area (Å²) in [4.78, 5) is 2.28. The SMILES string of the molecule is CCN(CC)c1ccc(C2=C(C#N)C(N)Oc3c2c(C)nn3-c2ccc(Br)cc2)cc1. The largest absolute Gasteiger partial charge is 0.453 e. The number of rotatable bonds is 5. The minimum atomic E-state index is -0.861. The van der Waals surface area contributed by atoms with Gasteiger partial charge in [0.1, 0.15) is 6.07 Å². The van der Waals surface area contributed by atoms with Crippen LogP contribution in [-0.4, -0.2) is 29.1 Å². The highest BCUT2D eigenvalue weighted by Gasteiger charge is 2.33. The number of hydrogen-bond acceptors (Lipinski definition) is 5. The molecule has 0 saturated heterocycles. The van der Waals surface area contributed by atoms with Gasteiger partial charge in [-0.1, -0.05) is 28.1 Å². The van der Waals surface area contributed by atoms with Crippen molar-refractivity contribution in [2.75, 3.05) is 18.0 Å². The van der Waals surface area contributed by atoms with Crippen molar-refractivity contribution < 1.29 is 4.74 Å². The Hall–Kier alpha value is -3.08. The third-order valence-corrected chi connectivity index (χ3v) is 6.07. The Kier molecular flexibility index (Phi) is 5.86. The fourth-order valence-electron chi connectivity index (χ4n) is 3.96. The summed E-state index contributed by atoms with van der Waals surface area (Å²) in [5.74, 6) is 0.550. The molecule has 0 fully saturated rings. The molecule has 0 spiro atoms. The monoisotopic (exact) mass is 477 g/mol. The van der Waals surface area contributed by atoms with Gasteiger partial charge in [-0.05, 0) is 62.7 Å². The number of halogens is 1. The maximum Gasteiger partial charge on any atom is 0.226 e. The molecule has 1 aromatic heterocycles. The molecule has 6 nitrogen and oxygen atoms in total. The topological polar surface area (TPSA) is 80.1 Å². The van der Waals surface area contributed by atoms with E-state index in [4.69, 9.17) is 15.6 Å². The van der Waals surface area contributed by atoms with Gasteiger partial charge in [0.05, 0.1) is 22.5 Å². The Balaban J connectivity index is 1.87. The van der Waals surface area contributed by atoms with Crippen molar-refractivity contribution in [2.45, 2.75) is 27.0 Å². The predicted octanol–water partition coefficient (Wildman–Crippen LogP) is 4.79. The molecule has 0 amide bonds. The molecule has 1 aliphatic heterocycles. The van der Waals surface area contributed by atoms with Crippen LogP contribution in [-0.2, 0) is 0 Å². The fourth-order valence-corrected chi connectivity index (χ4v) is 4.23. The summed E-state index contributed by atoms with van der Waals surface area (Å²) in [6, 6.07) is 18.3. The number of anilines is 1. The zero-order valence-corrected chi connectivity index (χ0v) is 19.3. The molecule has 1 unspecified atom stereocenters. The second-order valence-corrected chi connectivity index (χ2v) is 8.23. The number of aryl methyl sites for hydroxylation is 1. The summed E-state index contributed by atoms with van der Waals surface area (Å²) >= 11 is 3.46. The van der Waals surface area contributed by atoms with Gasteiger partial charge in [-0.15, -0.1) is 0 Å². The number of hydrogen-bond donors (Lipinski definition) is 1. The van der Waals surface area contributed by atoms with Crippen LogP contribution in [0.2, 0.25) is 0 Å². The zero-order chi connectivity index (χ0) is 22.1. The summed E-state index contributed by atoms with van der Waals surface area (Å²) < 4.78 is 8.72. The van der Waals surface area contributed by atoms with Crippen molar-refractivity contribution in [3.05, 3.63) is 75.4 Å². The minimum Gasteiger partial charge on any atom is -0.453 e. The number of nitrogens with zero attached hydrogens (tertiary/aromatic N) is 4. The second-order valence-electron chi connectivity index (χ2n) is 7.31. The van der Waals surface area contributed by atoms with E-state index < -0.39 is 6.23 Å². The minimum absolute atomic E-state index is 0.404. The first-order valence-electron chi connectivity index (χ1n) is 10.3. The molecule has 0 saturated carbocycles. The maximum atomic E-state index is 9.87. The van der Waals surface area contributed by atoms with Crippen LogP contribution >= 0.6 is 15.9 Å². The van der Waals surface area contributed by atoms with Crippen LogP contribution in [0, 0.1) is 18.3 Å². The van der Waals surface area contributed by atoms with Gasteiger partial charge in [-0.2, -0.15) is 10.4 Å². The molecule has 158 valence electrons. The molecule has 4 rings (SSSR count). The molecular weight excluding hydrogens is 454 g/mol. The Bertz CT molecular complexity index is 1170. The lowest BCUT2D eigenvalue weighted by molar-refractivity contribution is 0.228. The molecule has 2 heterocycles. The van der Waals surface area contributed by atoms with E-state index in [1.807, 2.05) is 43.3 Å². The number of nitriles is 1. The second kappa shape index (κ2) is 8.58.